The molecule has 0 aliphatic rings. The number of fused-ring (bicyclic) bond motifs is 1. The Morgan fingerprint density at radius 1 is 1.27 bits per heavy atom. The molecular formula is C21H23N7O2. The third-order valence-corrected chi connectivity index (χ3v) is 4.65. The summed E-state index contributed by atoms with van der Waals surface area (Å²) in [6.07, 6.45) is 2.75. The molecule has 154 valence electrons. The first-order valence-corrected chi connectivity index (χ1v) is 9.62. The predicted octanol–water partition coefficient (Wildman–Crippen LogP) is 2.04. The molecule has 0 aliphatic heterocycles. The summed E-state index contributed by atoms with van der Waals surface area (Å²) in [5, 5.41) is 19.8. The summed E-state index contributed by atoms with van der Waals surface area (Å²) in [5.41, 5.74) is 3.60. The lowest BCUT2D eigenvalue weighted by Gasteiger charge is -2.09. The summed E-state index contributed by atoms with van der Waals surface area (Å²) in [7, 11) is 1.81. The molecule has 3 N–H and O–H groups in total. The normalized spacial score (nSPS) is 12.1. The molecule has 0 aromatic carbocycles. The maximum atomic E-state index is 12.5. The Kier molecular flexibility index (Phi) is 5.20. The Hall–Kier alpha value is -3.72. The Morgan fingerprint density at radius 3 is 2.83 bits per heavy atom. The molecule has 9 heteroatoms. The molecule has 4 aromatic rings. The summed E-state index contributed by atoms with van der Waals surface area (Å²) in [5.74, 6) is 1.10. The van der Waals surface area contributed by atoms with E-state index in [0.717, 1.165) is 17.0 Å². The van der Waals surface area contributed by atoms with Gasteiger partial charge >= 0.3 is 0 Å². The first-order valence-electron chi connectivity index (χ1n) is 9.62. The molecule has 0 bridgehead atoms. The van der Waals surface area contributed by atoms with Crippen molar-refractivity contribution in [3.8, 4) is 17.1 Å². The lowest BCUT2D eigenvalue weighted by molar-refractivity contribution is 0.0918. The molecule has 0 spiro atoms. The number of aromatic nitrogens is 5. The number of hydrogen-bond donors (Lipinski definition) is 3. The van der Waals surface area contributed by atoms with Crippen molar-refractivity contribution in [2.75, 3.05) is 18.9 Å². The van der Waals surface area contributed by atoms with Crippen LogP contribution in [-0.4, -0.2) is 54.9 Å². The number of anilines is 1. The minimum Gasteiger partial charge on any atom is -0.392 e. The number of imidazole rings is 1. The molecule has 0 fully saturated rings. The van der Waals surface area contributed by atoms with E-state index in [1.54, 1.807) is 16.0 Å². The van der Waals surface area contributed by atoms with E-state index in [0.29, 0.717) is 23.0 Å². The average molecular weight is 405 g/mol. The van der Waals surface area contributed by atoms with E-state index in [1.165, 1.54) is 6.20 Å². The van der Waals surface area contributed by atoms with Gasteiger partial charge in [0.05, 0.1) is 18.0 Å². The average Bonchev–Trinajstić information content (AvgIpc) is 3.35. The lowest BCUT2D eigenvalue weighted by atomic mass is 10.2. The van der Waals surface area contributed by atoms with Crippen LogP contribution in [0.15, 0.2) is 48.8 Å². The van der Waals surface area contributed by atoms with Crippen molar-refractivity contribution in [3.63, 3.8) is 0 Å². The molecule has 4 heterocycles. The predicted molar refractivity (Wildman–Crippen MR) is 114 cm³/mol. The fourth-order valence-corrected chi connectivity index (χ4v) is 3.16. The van der Waals surface area contributed by atoms with Crippen molar-refractivity contribution in [1.29, 1.82) is 0 Å². The van der Waals surface area contributed by atoms with Crippen molar-refractivity contribution in [3.05, 3.63) is 60.2 Å². The number of aryl methyl sites for hydroxylation is 1. The van der Waals surface area contributed by atoms with E-state index < -0.39 is 6.10 Å². The highest BCUT2D eigenvalue weighted by molar-refractivity contribution is 5.93. The number of rotatable bonds is 6. The second-order valence-corrected chi connectivity index (χ2v) is 7.06. The van der Waals surface area contributed by atoms with Crippen LogP contribution < -0.4 is 10.6 Å². The third-order valence-electron chi connectivity index (χ3n) is 4.65. The molecule has 4 rings (SSSR count). The van der Waals surface area contributed by atoms with Gasteiger partial charge in [-0.3, -0.25) is 9.20 Å². The molecule has 4 aromatic heterocycles. The second kappa shape index (κ2) is 7.96. The van der Waals surface area contributed by atoms with Crippen LogP contribution in [0.5, 0.6) is 0 Å². The van der Waals surface area contributed by atoms with Crippen molar-refractivity contribution in [2.24, 2.45) is 0 Å². The first-order chi connectivity index (χ1) is 14.5. The van der Waals surface area contributed by atoms with Crippen LogP contribution in [0.4, 0.5) is 5.82 Å². The summed E-state index contributed by atoms with van der Waals surface area (Å²) < 4.78 is 3.50. The molecule has 0 saturated heterocycles. The van der Waals surface area contributed by atoms with Crippen molar-refractivity contribution in [2.45, 2.75) is 20.0 Å². The maximum Gasteiger partial charge on any atom is 0.270 e. The van der Waals surface area contributed by atoms with Gasteiger partial charge in [0.25, 0.3) is 5.91 Å². The highest BCUT2D eigenvalue weighted by Gasteiger charge is 2.16. The number of pyridine rings is 2. The van der Waals surface area contributed by atoms with Gasteiger partial charge in [-0.15, -0.1) is 5.10 Å². The molecule has 1 amide bonds. The molecule has 0 aliphatic carbocycles. The van der Waals surface area contributed by atoms with Gasteiger partial charge in [-0.25, -0.2) is 14.6 Å². The minimum atomic E-state index is -0.625. The van der Waals surface area contributed by atoms with Crippen molar-refractivity contribution in [1.82, 2.24) is 29.5 Å². The number of aliphatic hydroxyl groups is 1. The second-order valence-electron chi connectivity index (χ2n) is 7.06. The van der Waals surface area contributed by atoms with Gasteiger partial charge in [-0.05, 0) is 38.1 Å². The SMILES string of the molecule is CNc1cc(-c2ccc3ncc(C(=O)NCC(C)O)n3c2)n(-c2cccc(C)n2)n1. The van der Waals surface area contributed by atoms with Crippen molar-refractivity contribution >= 4 is 17.4 Å². The fourth-order valence-electron chi connectivity index (χ4n) is 3.16. The van der Waals surface area contributed by atoms with Gasteiger partial charge in [0.15, 0.2) is 5.82 Å². The monoisotopic (exact) mass is 405 g/mol. The Bertz CT molecular complexity index is 1210. The fraction of sp³-hybridized carbons (Fsp3) is 0.238. The Labute approximate surface area is 173 Å². The molecule has 0 radical (unpaired) electrons. The standard InChI is InChI=1S/C21H23N7O2/c1-13-5-4-6-20(25-13)28-16(9-18(22-3)26-28)15-7-8-19-23-11-17(27(19)12-15)21(30)24-10-14(2)29/h4-9,11-12,14,29H,10H2,1-3H3,(H,22,26)(H,24,30). The number of aliphatic hydroxyl groups excluding tert-OH is 1. The summed E-state index contributed by atoms with van der Waals surface area (Å²) in [6, 6.07) is 11.5. The minimum absolute atomic E-state index is 0.170. The largest absolute Gasteiger partial charge is 0.392 e. The van der Waals surface area contributed by atoms with Gasteiger partial charge in [0, 0.05) is 37.1 Å². The van der Waals surface area contributed by atoms with E-state index in [1.807, 2.05) is 56.6 Å². The number of nitrogens with one attached hydrogen (secondary N) is 2. The van der Waals surface area contributed by atoms with Crippen LogP contribution in [0, 0.1) is 6.92 Å². The number of carbonyl (C=O) groups is 1. The van der Waals surface area contributed by atoms with E-state index in [9.17, 15) is 9.90 Å². The molecular weight excluding hydrogens is 382 g/mol. The summed E-state index contributed by atoms with van der Waals surface area (Å²) >= 11 is 0. The molecule has 0 saturated carbocycles. The zero-order valence-electron chi connectivity index (χ0n) is 17.0. The smallest absolute Gasteiger partial charge is 0.270 e. The molecule has 9 nitrogen and oxygen atoms in total. The van der Waals surface area contributed by atoms with Gasteiger partial charge in [0.2, 0.25) is 0 Å². The number of carbonyl (C=O) groups excluding carboxylic acids is 1. The third kappa shape index (κ3) is 3.74. The Morgan fingerprint density at radius 2 is 2.10 bits per heavy atom. The van der Waals surface area contributed by atoms with Gasteiger partial charge < -0.3 is 15.7 Å². The number of amides is 1. The van der Waals surface area contributed by atoms with Crippen molar-refractivity contribution < 1.29 is 9.90 Å². The molecule has 1 atom stereocenters. The van der Waals surface area contributed by atoms with Gasteiger partial charge in [0.1, 0.15) is 17.2 Å². The van der Waals surface area contributed by atoms with Crippen LogP contribution in [0.2, 0.25) is 0 Å². The van der Waals surface area contributed by atoms with Crippen LogP contribution >= 0.6 is 0 Å². The van der Waals surface area contributed by atoms with Gasteiger partial charge in [-0.1, -0.05) is 6.07 Å². The summed E-state index contributed by atoms with van der Waals surface area (Å²) in [6.45, 7) is 3.72. The number of nitrogens with zero attached hydrogens (tertiary/aromatic N) is 5. The van der Waals surface area contributed by atoms with Gasteiger partial charge in [-0.2, -0.15) is 0 Å². The van der Waals surface area contributed by atoms with E-state index in [-0.39, 0.29) is 12.5 Å². The van der Waals surface area contributed by atoms with Crippen LogP contribution in [0.3, 0.4) is 0 Å². The van der Waals surface area contributed by atoms with Crippen LogP contribution in [-0.2, 0) is 0 Å². The zero-order valence-corrected chi connectivity index (χ0v) is 17.0. The van der Waals surface area contributed by atoms with Crippen LogP contribution in [0.1, 0.15) is 23.1 Å². The molecule has 1 unspecified atom stereocenters. The first kappa shape index (κ1) is 19.6. The highest BCUT2D eigenvalue weighted by atomic mass is 16.3. The highest BCUT2D eigenvalue weighted by Crippen LogP contribution is 2.26. The van der Waals surface area contributed by atoms with E-state index in [4.69, 9.17) is 0 Å². The topological polar surface area (TPSA) is 109 Å². The zero-order chi connectivity index (χ0) is 21.3. The molecule has 30 heavy (non-hydrogen) atoms. The quantitative estimate of drug-likeness (QED) is 0.453. The maximum absolute atomic E-state index is 12.5. The summed E-state index contributed by atoms with van der Waals surface area (Å²) in [4.78, 5) is 21.4. The van der Waals surface area contributed by atoms with E-state index >= 15 is 0 Å². The lowest BCUT2D eigenvalue weighted by Crippen LogP contribution is -2.31. The number of hydrogen-bond acceptors (Lipinski definition) is 6. The Balaban J connectivity index is 1.79. The van der Waals surface area contributed by atoms with E-state index in [2.05, 4.69) is 25.7 Å². The van der Waals surface area contributed by atoms with Crippen LogP contribution in [0.25, 0.3) is 22.7 Å².